The van der Waals surface area contributed by atoms with Crippen LogP contribution in [0.1, 0.15) is 32.4 Å². The van der Waals surface area contributed by atoms with Crippen molar-refractivity contribution in [2.75, 3.05) is 36.8 Å². The maximum Gasteiger partial charge on any atom is 0.165 e. The summed E-state index contributed by atoms with van der Waals surface area (Å²) < 4.78 is 15.8. The summed E-state index contributed by atoms with van der Waals surface area (Å²) in [6, 6.07) is 16.3. The number of piperidine rings is 1. The lowest BCUT2D eigenvalue weighted by atomic mass is 10.0. The first-order chi connectivity index (χ1) is 17.5. The highest BCUT2D eigenvalue weighted by molar-refractivity contribution is 6.30. The second-order valence-corrected chi connectivity index (χ2v) is 9.68. The number of nitrogens with two attached hydrogens (primary N) is 1. The molecule has 0 saturated carbocycles. The molecule has 1 aliphatic rings. The van der Waals surface area contributed by atoms with Crippen LogP contribution in [-0.4, -0.2) is 51.7 Å². The van der Waals surface area contributed by atoms with E-state index in [0.717, 1.165) is 50.1 Å². The van der Waals surface area contributed by atoms with Crippen LogP contribution in [0.5, 0.6) is 0 Å². The molecule has 8 heteroatoms. The van der Waals surface area contributed by atoms with Gasteiger partial charge in [0, 0.05) is 41.0 Å². The maximum atomic E-state index is 14.2. The molecule has 1 aliphatic heterocycles. The molecule has 4 aromatic rings. The van der Waals surface area contributed by atoms with Crippen molar-refractivity contribution in [1.29, 1.82) is 0 Å². The fraction of sp³-hybridized carbons (Fsp3) is 0.357. The minimum atomic E-state index is -0.741. The molecule has 0 spiro atoms. The molecule has 2 aromatic heterocycles. The van der Waals surface area contributed by atoms with Crippen molar-refractivity contribution in [2.24, 2.45) is 0 Å². The van der Waals surface area contributed by atoms with Crippen LogP contribution in [-0.2, 0) is 6.67 Å². The Morgan fingerprint density at radius 1 is 1.06 bits per heavy atom. The molecule has 2 aromatic carbocycles. The van der Waals surface area contributed by atoms with Crippen molar-refractivity contribution < 1.29 is 4.39 Å². The Bertz CT molecular complexity index is 1360. The molecule has 5 rings (SSSR count). The highest BCUT2D eigenvalue weighted by atomic mass is 35.5. The van der Waals surface area contributed by atoms with Crippen molar-refractivity contribution in [3.63, 3.8) is 0 Å². The van der Waals surface area contributed by atoms with Gasteiger partial charge in [0.05, 0.1) is 11.9 Å². The number of anilines is 2. The number of hydrogen-bond donors (Lipinski definition) is 1. The molecule has 0 aliphatic carbocycles. The van der Waals surface area contributed by atoms with Crippen molar-refractivity contribution in [2.45, 2.75) is 39.4 Å². The van der Waals surface area contributed by atoms with Gasteiger partial charge in [0.2, 0.25) is 0 Å². The largest absolute Gasteiger partial charge is 0.383 e. The van der Waals surface area contributed by atoms with E-state index in [1.807, 2.05) is 18.2 Å². The minimum Gasteiger partial charge on any atom is -0.383 e. The van der Waals surface area contributed by atoms with Crippen LogP contribution in [0.2, 0.25) is 5.02 Å². The number of nitrogens with zero attached hydrogens (tertiary/aromatic N) is 5. The fourth-order valence-electron chi connectivity index (χ4n) is 5.42. The van der Waals surface area contributed by atoms with E-state index < -0.39 is 6.67 Å². The average molecular weight is 507 g/mol. The van der Waals surface area contributed by atoms with Gasteiger partial charge in [-0.1, -0.05) is 49.7 Å². The van der Waals surface area contributed by atoms with Crippen molar-refractivity contribution in [3.05, 3.63) is 65.4 Å². The van der Waals surface area contributed by atoms with Gasteiger partial charge in [-0.3, -0.25) is 0 Å². The van der Waals surface area contributed by atoms with E-state index >= 15 is 0 Å². The van der Waals surface area contributed by atoms with Gasteiger partial charge in [0.15, 0.2) is 5.65 Å². The summed E-state index contributed by atoms with van der Waals surface area (Å²) in [6.07, 6.45) is 4.08. The van der Waals surface area contributed by atoms with Crippen LogP contribution in [0.25, 0.3) is 27.9 Å². The summed E-state index contributed by atoms with van der Waals surface area (Å²) in [4.78, 5) is 9.67. The van der Waals surface area contributed by atoms with Crippen molar-refractivity contribution >= 4 is 28.8 Å². The molecule has 0 amide bonds. The zero-order valence-corrected chi connectivity index (χ0v) is 21.5. The van der Waals surface area contributed by atoms with E-state index in [9.17, 15) is 4.39 Å². The van der Waals surface area contributed by atoms with E-state index in [0.29, 0.717) is 33.7 Å². The topological polar surface area (TPSA) is 62.7 Å². The summed E-state index contributed by atoms with van der Waals surface area (Å²) in [5.41, 5.74) is 11.6. The Balaban J connectivity index is 1.48. The summed E-state index contributed by atoms with van der Waals surface area (Å²) in [5, 5.41) is 5.08. The second-order valence-electron chi connectivity index (χ2n) is 9.25. The molecule has 0 bridgehead atoms. The predicted molar refractivity (Wildman–Crippen MR) is 146 cm³/mol. The summed E-state index contributed by atoms with van der Waals surface area (Å²) in [7, 11) is 0. The van der Waals surface area contributed by atoms with Gasteiger partial charge in [0.25, 0.3) is 0 Å². The standard InChI is InChI=1S/C28H32ClFN6/c1-3-34(4-2)22-11-13-35(14-12-22)23-10-6-7-19(16-23)24-18-32-36-27(31)26(25(17-30)33-28(24)36)20-8-5-9-21(29)15-20/h5-10,15-16,18,22H,3-4,11-14,17,31H2,1-2H3. The highest BCUT2D eigenvalue weighted by Gasteiger charge is 2.24. The molecule has 2 N–H and O–H groups in total. The third-order valence-electron chi connectivity index (χ3n) is 7.31. The zero-order valence-electron chi connectivity index (χ0n) is 20.8. The van der Waals surface area contributed by atoms with Crippen LogP contribution >= 0.6 is 11.6 Å². The average Bonchev–Trinajstić information content (AvgIpc) is 3.34. The lowest BCUT2D eigenvalue weighted by Crippen LogP contribution is -2.44. The van der Waals surface area contributed by atoms with E-state index in [1.54, 1.807) is 22.8 Å². The monoisotopic (exact) mass is 506 g/mol. The normalized spacial score (nSPS) is 14.8. The molecule has 36 heavy (non-hydrogen) atoms. The number of rotatable bonds is 7. The zero-order chi connectivity index (χ0) is 25.2. The maximum absolute atomic E-state index is 14.2. The van der Waals surface area contributed by atoms with Crippen molar-refractivity contribution in [1.82, 2.24) is 19.5 Å². The van der Waals surface area contributed by atoms with Crippen molar-refractivity contribution in [3.8, 4) is 22.3 Å². The number of nitrogen functional groups attached to an aromatic ring is 1. The first-order valence-electron chi connectivity index (χ1n) is 12.6. The summed E-state index contributed by atoms with van der Waals surface area (Å²) in [6.45, 7) is 7.99. The first kappa shape index (κ1) is 24.5. The smallest absolute Gasteiger partial charge is 0.165 e. The fourth-order valence-corrected chi connectivity index (χ4v) is 5.61. The molecule has 0 radical (unpaired) electrons. The van der Waals surface area contributed by atoms with Crippen LogP contribution in [0.4, 0.5) is 15.9 Å². The molecule has 1 saturated heterocycles. The molecule has 188 valence electrons. The molecule has 1 fully saturated rings. The minimum absolute atomic E-state index is 0.277. The number of hydrogen-bond acceptors (Lipinski definition) is 5. The lowest BCUT2D eigenvalue weighted by Gasteiger charge is -2.38. The van der Waals surface area contributed by atoms with Crippen LogP contribution < -0.4 is 10.6 Å². The van der Waals surface area contributed by atoms with Crippen LogP contribution in [0, 0.1) is 0 Å². The molecule has 0 atom stereocenters. The Morgan fingerprint density at radius 3 is 2.47 bits per heavy atom. The van der Waals surface area contributed by atoms with Gasteiger partial charge >= 0.3 is 0 Å². The number of halogens is 2. The predicted octanol–water partition coefficient (Wildman–Crippen LogP) is 6.08. The SMILES string of the molecule is CCN(CC)C1CCN(c2cccc(-c3cnn4c(N)c(-c5cccc(Cl)c5)c(CF)nc34)c2)CC1. The van der Waals surface area contributed by atoms with Gasteiger partial charge < -0.3 is 15.5 Å². The second kappa shape index (κ2) is 10.4. The Kier molecular flexibility index (Phi) is 7.12. The third-order valence-corrected chi connectivity index (χ3v) is 7.55. The van der Waals surface area contributed by atoms with E-state index in [1.165, 1.54) is 5.69 Å². The van der Waals surface area contributed by atoms with Gasteiger partial charge in [-0.15, -0.1) is 0 Å². The van der Waals surface area contributed by atoms with Gasteiger partial charge in [0.1, 0.15) is 12.5 Å². The Hall–Kier alpha value is -3.16. The Labute approximate surface area is 216 Å². The summed E-state index contributed by atoms with van der Waals surface area (Å²) in [5.74, 6) is 0.343. The highest BCUT2D eigenvalue weighted by Crippen LogP contribution is 2.35. The molecule has 3 heterocycles. The molecule has 0 unspecified atom stereocenters. The van der Waals surface area contributed by atoms with E-state index in [2.05, 4.69) is 51.9 Å². The van der Waals surface area contributed by atoms with Gasteiger partial charge in [-0.2, -0.15) is 9.61 Å². The summed E-state index contributed by atoms with van der Waals surface area (Å²) >= 11 is 6.18. The molecular weight excluding hydrogens is 475 g/mol. The van der Waals surface area contributed by atoms with Gasteiger partial charge in [-0.25, -0.2) is 9.37 Å². The third kappa shape index (κ3) is 4.53. The van der Waals surface area contributed by atoms with E-state index in [4.69, 9.17) is 17.3 Å². The number of benzene rings is 2. The molecule has 6 nitrogen and oxygen atoms in total. The van der Waals surface area contributed by atoms with Gasteiger partial charge in [-0.05, 0) is 61.3 Å². The number of fused-ring (bicyclic) bond motifs is 1. The quantitative estimate of drug-likeness (QED) is 0.329. The van der Waals surface area contributed by atoms with Crippen LogP contribution in [0.15, 0.2) is 54.7 Å². The lowest BCUT2D eigenvalue weighted by molar-refractivity contribution is 0.186. The molecular formula is C28H32ClFN6. The van der Waals surface area contributed by atoms with Crippen LogP contribution in [0.3, 0.4) is 0 Å². The number of aromatic nitrogens is 3. The first-order valence-corrected chi connectivity index (χ1v) is 13.0. The number of alkyl halides is 1. The Morgan fingerprint density at radius 2 is 1.78 bits per heavy atom. The van der Waals surface area contributed by atoms with E-state index in [-0.39, 0.29) is 5.69 Å².